The fourth-order valence-corrected chi connectivity index (χ4v) is 2.25. The number of carbonyl (C=O) groups is 2. The van der Waals surface area contributed by atoms with Crippen LogP contribution in [-0.4, -0.2) is 61.8 Å². The van der Waals surface area contributed by atoms with E-state index in [-0.39, 0.29) is 29.5 Å². The molecule has 2 rings (SSSR count). The number of nitrogens with zero attached hydrogens (tertiary/aromatic N) is 1. The van der Waals surface area contributed by atoms with Crippen molar-refractivity contribution < 1.29 is 24.2 Å². The van der Waals surface area contributed by atoms with Crippen LogP contribution < -0.4 is 10.1 Å². The Morgan fingerprint density at radius 3 is 2.68 bits per heavy atom. The van der Waals surface area contributed by atoms with Crippen molar-refractivity contribution in [2.24, 2.45) is 0 Å². The third kappa shape index (κ3) is 3.67. The summed E-state index contributed by atoms with van der Waals surface area (Å²) in [5, 5.41) is 12.5. The number of phenolic OH excluding ortho intramolecular Hbond substituents is 1. The van der Waals surface area contributed by atoms with Crippen molar-refractivity contribution in [3.63, 3.8) is 0 Å². The Labute approximate surface area is 128 Å². The maximum Gasteiger partial charge on any atom is 0.255 e. The van der Waals surface area contributed by atoms with Gasteiger partial charge in [-0.25, -0.2) is 0 Å². The van der Waals surface area contributed by atoms with E-state index in [4.69, 9.17) is 9.47 Å². The summed E-state index contributed by atoms with van der Waals surface area (Å²) < 4.78 is 10.2. The molecule has 1 heterocycles. The molecule has 2 amide bonds. The van der Waals surface area contributed by atoms with Gasteiger partial charge >= 0.3 is 0 Å². The van der Waals surface area contributed by atoms with Crippen LogP contribution in [0.1, 0.15) is 15.9 Å². The zero-order valence-electron chi connectivity index (χ0n) is 12.7. The van der Waals surface area contributed by atoms with Crippen LogP contribution in [0, 0.1) is 6.92 Å². The second-order valence-corrected chi connectivity index (χ2v) is 5.04. The Bertz CT molecular complexity index is 567. The molecule has 0 saturated carbocycles. The monoisotopic (exact) mass is 308 g/mol. The van der Waals surface area contributed by atoms with Crippen LogP contribution in [-0.2, 0) is 9.53 Å². The van der Waals surface area contributed by atoms with Gasteiger partial charge < -0.3 is 24.8 Å². The number of hydrogen-bond acceptors (Lipinski definition) is 5. The molecule has 0 bridgehead atoms. The number of phenols is 1. The molecule has 22 heavy (non-hydrogen) atoms. The van der Waals surface area contributed by atoms with E-state index in [1.54, 1.807) is 24.0 Å². The molecule has 0 aliphatic carbocycles. The summed E-state index contributed by atoms with van der Waals surface area (Å²) in [7, 11) is 1.41. The van der Waals surface area contributed by atoms with E-state index in [0.29, 0.717) is 26.3 Å². The van der Waals surface area contributed by atoms with Gasteiger partial charge in [0.2, 0.25) is 5.91 Å². The Hall–Kier alpha value is -2.28. The SMILES string of the molecule is COc1cc(C)cc(C(=O)NCC(=O)N2CCOCC2)c1O. The number of carbonyl (C=O) groups excluding carboxylic acids is 2. The summed E-state index contributed by atoms with van der Waals surface area (Å²) in [5.74, 6) is -0.689. The first-order valence-corrected chi connectivity index (χ1v) is 7.04. The largest absolute Gasteiger partial charge is 0.504 e. The average Bonchev–Trinajstić information content (AvgIpc) is 2.54. The highest BCUT2D eigenvalue weighted by atomic mass is 16.5. The molecule has 0 unspecified atom stereocenters. The van der Waals surface area contributed by atoms with Gasteiger partial charge in [-0.3, -0.25) is 9.59 Å². The summed E-state index contributed by atoms with van der Waals surface area (Å²) in [6, 6.07) is 3.18. The van der Waals surface area contributed by atoms with Gasteiger partial charge in [0, 0.05) is 13.1 Å². The molecule has 1 saturated heterocycles. The maximum atomic E-state index is 12.2. The van der Waals surface area contributed by atoms with Gasteiger partial charge in [-0.1, -0.05) is 0 Å². The zero-order chi connectivity index (χ0) is 16.1. The van der Waals surface area contributed by atoms with Crippen molar-refractivity contribution in [3.8, 4) is 11.5 Å². The lowest BCUT2D eigenvalue weighted by Crippen LogP contribution is -2.45. The Kier molecular flexibility index (Phi) is 5.21. The summed E-state index contributed by atoms with van der Waals surface area (Å²) in [4.78, 5) is 25.8. The van der Waals surface area contributed by atoms with Crippen molar-refractivity contribution in [2.75, 3.05) is 40.0 Å². The molecule has 0 radical (unpaired) electrons. The van der Waals surface area contributed by atoms with Crippen LogP contribution in [0.4, 0.5) is 0 Å². The molecule has 120 valence electrons. The molecule has 0 aromatic heterocycles. The van der Waals surface area contributed by atoms with Crippen LogP contribution in [0.25, 0.3) is 0 Å². The number of hydrogen-bond donors (Lipinski definition) is 2. The summed E-state index contributed by atoms with van der Waals surface area (Å²) in [6.07, 6.45) is 0. The van der Waals surface area contributed by atoms with Gasteiger partial charge in [0.1, 0.15) is 0 Å². The van der Waals surface area contributed by atoms with E-state index in [2.05, 4.69) is 5.32 Å². The highest BCUT2D eigenvalue weighted by Gasteiger charge is 2.20. The van der Waals surface area contributed by atoms with Gasteiger partial charge in [0.15, 0.2) is 11.5 Å². The first-order chi connectivity index (χ1) is 10.5. The lowest BCUT2D eigenvalue weighted by Gasteiger charge is -2.26. The molecule has 7 nitrogen and oxygen atoms in total. The van der Waals surface area contributed by atoms with Crippen LogP contribution >= 0.6 is 0 Å². The van der Waals surface area contributed by atoms with Gasteiger partial charge in [-0.2, -0.15) is 0 Å². The maximum absolute atomic E-state index is 12.2. The second kappa shape index (κ2) is 7.13. The third-order valence-electron chi connectivity index (χ3n) is 3.45. The van der Waals surface area contributed by atoms with E-state index in [1.807, 2.05) is 0 Å². The minimum Gasteiger partial charge on any atom is -0.504 e. The zero-order valence-corrected chi connectivity index (χ0v) is 12.7. The van der Waals surface area contributed by atoms with E-state index in [0.717, 1.165) is 5.56 Å². The summed E-state index contributed by atoms with van der Waals surface area (Å²) in [6.45, 7) is 3.74. The van der Waals surface area contributed by atoms with E-state index in [1.165, 1.54) is 7.11 Å². The number of rotatable bonds is 4. The van der Waals surface area contributed by atoms with Gasteiger partial charge in [-0.05, 0) is 24.6 Å². The quantitative estimate of drug-likeness (QED) is 0.835. The molecule has 0 spiro atoms. The van der Waals surface area contributed by atoms with E-state index >= 15 is 0 Å². The van der Waals surface area contributed by atoms with Crippen molar-refractivity contribution in [1.29, 1.82) is 0 Å². The number of methoxy groups -OCH3 is 1. The van der Waals surface area contributed by atoms with Gasteiger partial charge in [0.25, 0.3) is 5.91 Å². The fourth-order valence-electron chi connectivity index (χ4n) is 2.25. The van der Waals surface area contributed by atoms with Crippen LogP contribution in [0.3, 0.4) is 0 Å². The Balaban J connectivity index is 2.00. The minimum absolute atomic E-state index is 0.0895. The Morgan fingerprint density at radius 1 is 1.36 bits per heavy atom. The number of nitrogens with one attached hydrogen (secondary N) is 1. The van der Waals surface area contributed by atoms with Crippen molar-refractivity contribution >= 4 is 11.8 Å². The summed E-state index contributed by atoms with van der Waals surface area (Å²) >= 11 is 0. The van der Waals surface area contributed by atoms with E-state index in [9.17, 15) is 14.7 Å². The molecule has 1 aliphatic heterocycles. The average molecular weight is 308 g/mol. The molecule has 0 atom stereocenters. The van der Waals surface area contributed by atoms with Crippen LogP contribution in [0.5, 0.6) is 11.5 Å². The normalized spacial score (nSPS) is 14.5. The number of aryl methyl sites for hydroxylation is 1. The van der Waals surface area contributed by atoms with Gasteiger partial charge in [-0.15, -0.1) is 0 Å². The van der Waals surface area contributed by atoms with Crippen molar-refractivity contribution in [2.45, 2.75) is 6.92 Å². The number of aromatic hydroxyl groups is 1. The first-order valence-electron chi connectivity index (χ1n) is 7.04. The van der Waals surface area contributed by atoms with Crippen molar-refractivity contribution in [1.82, 2.24) is 10.2 Å². The lowest BCUT2D eigenvalue weighted by atomic mass is 10.1. The smallest absolute Gasteiger partial charge is 0.255 e. The predicted molar refractivity (Wildman–Crippen MR) is 79.1 cm³/mol. The molecular weight excluding hydrogens is 288 g/mol. The molecular formula is C15H20N2O5. The standard InChI is InChI=1S/C15H20N2O5/c1-10-7-11(14(19)12(8-10)21-2)15(20)16-9-13(18)17-3-5-22-6-4-17/h7-8,19H,3-6,9H2,1-2H3,(H,16,20). The topological polar surface area (TPSA) is 88.1 Å². The minimum atomic E-state index is -0.513. The number of morpholine rings is 1. The highest BCUT2D eigenvalue weighted by molar-refractivity contribution is 5.99. The molecule has 1 aromatic rings. The summed E-state index contributed by atoms with van der Waals surface area (Å²) in [5.41, 5.74) is 0.867. The van der Waals surface area contributed by atoms with Crippen LogP contribution in [0.2, 0.25) is 0 Å². The molecule has 1 fully saturated rings. The first kappa shape index (κ1) is 16.1. The lowest BCUT2D eigenvalue weighted by molar-refractivity contribution is -0.134. The molecule has 2 N–H and O–H groups in total. The van der Waals surface area contributed by atoms with E-state index < -0.39 is 5.91 Å². The predicted octanol–water partition coefficient (Wildman–Crippen LogP) is 0.298. The number of benzene rings is 1. The van der Waals surface area contributed by atoms with Crippen molar-refractivity contribution in [3.05, 3.63) is 23.3 Å². The highest BCUT2D eigenvalue weighted by Crippen LogP contribution is 2.31. The van der Waals surface area contributed by atoms with Crippen LogP contribution in [0.15, 0.2) is 12.1 Å². The molecule has 7 heteroatoms. The third-order valence-corrected chi connectivity index (χ3v) is 3.45. The fraction of sp³-hybridized carbons (Fsp3) is 0.467. The molecule has 1 aromatic carbocycles. The number of amides is 2. The Morgan fingerprint density at radius 2 is 2.05 bits per heavy atom. The second-order valence-electron chi connectivity index (χ2n) is 5.04. The van der Waals surface area contributed by atoms with Gasteiger partial charge in [0.05, 0.1) is 32.4 Å². The molecule has 1 aliphatic rings. The number of ether oxygens (including phenoxy) is 2.